The van der Waals surface area contributed by atoms with Crippen LogP contribution in [0.25, 0.3) is 0 Å². The second kappa shape index (κ2) is 6.09. The maximum absolute atomic E-state index is 12.5. The third-order valence-electron chi connectivity index (χ3n) is 3.48. The summed E-state index contributed by atoms with van der Waals surface area (Å²) in [7, 11) is 0. The van der Waals surface area contributed by atoms with Crippen LogP contribution in [0, 0.1) is 10.1 Å². The molecule has 1 aromatic carbocycles. The van der Waals surface area contributed by atoms with Gasteiger partial charge in [0.2, 0.25) is 5.91 Å². The third-order valence-corrected chi connectivity index (χ3v) is 3.81. The van der Waals surface area contributed by atoms with Crippen LogP contribution in [0.2, 0.25) is 5.02 Å². The van der Waals surface area contributed by atoms with Gasteiger partial charge in [-0.15, -0.1) is 0 Å². The Hall–Kier alpha value is -2.15. The molecule has 0 bridgehead atoms. The summed E-state index contributed by atoms with van der Waals surface area (Å²) >= 11 is 5.96. The monoisotopic (exact) mass is 311 g/mol. The average Bonchev–Trinajstić information content (AvgIpc) is 2.46. The predicted octanol–water partition coefficient (Wildman–Crippen LogP) is 1.73. The van der Waals surface area contributed by atoms with Crippen molar-refractivity contribution in [2.45, 2.75) is 25.3 Å². The van der Waals surface area contributed by atoms with Crippen LogP contribution in [0.15, 0.2) is 18.2 Å². The van der Waals surface area contributed by atoms with E-state index >= 15 is 0 Å². The summed E-state index contributed by atoms with van der Waals surface area (Å²) in [4.78, 5) is 35.5. The maximum atomic E-state index is 12.5. The zero-order chi connectivity index (χ0) is 15.6. The highest BCUT2D eigenvalue weighted by molar-refractivity contribution is 6.34. The average molecular weight is 312 g/mol. The van der Waals surface area contributed by atoms with Crippen molar-refractivity contribution in [3.63, 3.8) is 0 Å². The Kier molecular flexibility index (Phi) is 4.42. The summed E-state index contributed by atoms with van der Waals surface area (Å²) in [6.07, 6.45) is 2.05. The molecule has 0 radical (unpaired) electrons. The summed E-state index contributed by atoms with van der Waals surface area (Å²) in [5, 5.41) is 10.9. The quantitative estimate of drug-likeness (QED) is 0.677. The molecule has 1 aliphatic rings. The van der Waals surface area contributed by atoms with Gasteiger partial charge >= 0.3 is 0 Å². The summed E-state index contributed by atoms with van der Waals surface area (Å²) in [5.41, 5.74) is 5.10. The molecular weight excluding hydrogens is 298 g/mol. The zero-order valence-electron chi connectivity index (χ0n) is 11.1. The predicted molar refractivity (Wildman–Crippen MR) is 76.0 cm³/mol. The molecule has 0 spiro atoms. The van der Waals surface area contributed by atoms with Gasteiger partial charge in [0.15, 0.2) is 0 Å². The molecule has 1 aliphatic heterocycles. The number of nitrogens with zero attached hydrogens (tertiary/aromatic N) is 2. The van der Waals surface area contributed by atoms with Crippen LogP contribution in [0.3, 0.4) is 0 Å². The van der Waals surface area contributed by atoms with Crippen LogP contribution in [0.4, 0.5) is 5.69 Å². The molecule has 0 saturated carbocycles. The standard InChI is InChI=1S/C13H14ClN3O4/c14-10-5-4-8(17(20)21)7-9(10)13(19)16-6-2-1-3-11(16)12(15)18/h4-5,7,11H,1-3,6H2,(H2,15,18). The molecule has 1 aromatic rings. The highest BCUT2D eigenvalue weighted by atomic mass is 35.5. The smallest absolute Gasteiger partial charge is 0.270 e. The number of nitrogens with two attached hydrogens (primary N) is 1. The Bertz CT molecular complexity index is 605. The first kappa shape index (κ1) is 15.2. The van der Waals surface area contributed by atoms with Crippen molar-refractivity contribution in [3.05, 3.63) is 38.9 Å². The van der Waals surface area contributed by atoms with E-state index in [0.29, 0.717) is 13.0 Å². The fraction of sp³-hybridized carbons (Fsp3) is 0.385. The minimum absolute atomic E-state index is 0.0130. The molecule has 1 unspecified atom stereocenters. The largest absolute Gasteiger partial charge is 0.368 e. The number of nitro groups is 1. The second-order valence-corrected chi connectivity index (χ2v) is 5.24. The topological polar surface area (TPSA) is 107 Å². The van der Waals surface area contributed by atoms with Crippen LogP contribution in [0.5, 0.6) is 0 Å². The van der Waals surface area contributed by atoms with Gasteiger partial charge in [-0.3, -0.25) is 19.7 Å². The third kappa shape index (κ3) is 3.13. The van der Waals surface area contributed by atoms with E-state index in [1.54, 1.807) is 0 Å². The summed E-state index contributed by atoms with van der Waals surface area (Å²) in [5.74, 6) is -1.09. The Labute approximate surface area is 125 Å². The van der Waals surface area contributed by atoms with Gasteiger partial charge < -0.3 is 10.6 Å². The molecule has 2 amide bonds. The Morgan fingerprint density at radius 1 is 1.38 bits per heavy atom. The van der Waals surface area contributed by atoms with Gasteiger partial charge in [-0.1, -0.05) is 11.6 Å². The molecule has 7 nitrogen and oxygen atoms in total. The van der Waals surface area contributed by atoms with Gasteiger partial charge in [0.05, 0.1) is 15.5 Å². The SMILES string of the molecule is NC(=O)C1CCCCN1C(=O)c1cc([N+](=O)[O-])ccc1Cl. The van der Waals surface area contributed by atoms with Crippen LogP contribution in [-0.2, 0) is 4.79 Å². The molecule has 1 fully saturated rings. The lowest BCUT2D eigenvalue weighted by atomic mass is 10.00. The second-order valence-electron chi connectivity index (χ2n) is 4.83. The first-order valence-electron chi connectivity index (χ1n) is 6.46. The van der Waals surface area contributed by atoms with Gasteiger partial charge in [0, 0.05) is 18.7 Å². The van der Waals surface area contributed by atoms with Crippen LogP contribution in [-0.4, -0.2) is 34.2 Å². The number of non-ortho nitro benzene ring substituents is 1. The van der Waals surface area contributed by atoms with Crippen molar-refractivity contribution < 1.29 is 14.5 Å². The fourth-order valence-electron chi connectivity index (χ4n) is 2.42. The van der Waals surface area contributed by atoms with Crippen LogP contribution < -0.4 is 5.73 Å². The van der Waals surface area contributed by atoms with Crippen LogP contribution >= 0.6 is 11.6 Å². The minimum atomic E-state index is -0.693. The number of hydrogen-bond donors (Lipinski definition) is 1. The van der Waals surface area contributed by atoms with Gasteiger partial charge in [-0.25, -0.2) is 0 Å². The van der Waals surface area contributed by atoms with Gasteiger partial charge in [0.1, 0.15) is 6.04 Å². The number of carbonyl (C=O) groups is 2. The molecule has 0 aliphatic carbocycles. The molecule has 2 N–H and O–H groups in total. The number of primary amides is 1. The molecule has 1 saturated heterocycles. The zero-order valence-corrected chi connectivity index (χ0v) is 11.9. The van der Waals surface area contributed by atoms with E-state index < -0.39 is 22.8 Å². The molecule has 21 heavy (non-hydrogen) atoms. The van der Waals surface area contributed by atoms with Crippen molar-refractivity contribution in [1.82, 2.24) is 4.90 Å². The van der Waals surface area contributed by atoms with E-state index in [2.05, 4.69) is 0 Å². The number of amides is 2. The Morgan fingerprint density at radius 3 is 2.71 bits per heavy atom. The van der Waals surface area contributed by atoms with Crippen LogP contribution in [0.1, 0.15) is 29.6 Å². The lowest BCUT2D eigenvalue weighted by Gasteiger charge is -2.33. The highest BCUT2D eigenvalue weighted by Crippen LogP contribution is 2.26. The first-order valence-corrected chi connectivity index (χ1v) is 6.84. The van der Waals surface area contributed by atoms with E-state index in [9.17, 15) is 19.7 Å². The van der Waals surface area contributed by atoms with Crippen molar-refractivity contribution in [2.24, 2.45) is 5.73 Å². The number of carbonyl (C=O) groups excluding carboxylic acids is 2. The van der Waals surface area contributed by atoms with E-state index in [1.807, 2.05) is 0 Å². The Balaban J connectivity index is 2.36. The number of rotatable bonds is 3. The molecule has 1 heterocycles. The number of benzene rings is 1. The number of piperidine rings is 1. The Morgan fingerprint density at radius 2 is 2.10 bits per heavy atom. The van der Waals surface area contributed by atoms with Gasteiger partial charge in [-0.05, 0) is 25.3 Å². The molecule has 0 aromatic heterocycles. The minimum Gasteiger partial charge on any atom is -0.368 e. The molecule has 2 rings (SSSR count). The molecule has 8 heteroatoms. The highest BCUT2D eigenvalue weighted by Gasteiger charge is 2.32. The summed E-state index contributed by atoms with van der Waals surface area (Å²) < 4.78 is 0. The van der Waals surface area contributed by atoms with Gasteiger partial charge in [0.25, 0.3) is 11.6 Å². The van der Waals surface area contributed by atoms with Crippen molar-refractivity contribution >= 4 is 29.1 Å². The van der Waals surface area contributed by atoms with E-state index in [1.165, 1.54) is 17.0 Å². The van der Waals surface area contributed by atoms with E-state index in [-0.39, 0.29) is 16.3 Å². The molecule has 112 valence electrons. The van der Waals surface area contributed by atoms with Gasteiger partial charge in [-0.2, -0.15) is 0 Å². The number of nitro benzene ring substituents is 1. The van der Waals surface area contributed by atoms with Crippen molar-refractivity contribution in [2.75, 3.05) is 6.54 Å². The molecular formula is C13H14ClN3O4. The number of hydrogen-bond acceptors (Lipinski definition) is 4. The molecule has 1 atom stereocenters. The normalized spacial score (nSPS) is 18.3. The van der Waals surface area contributed by atoms with E-state index in [0.717, 1.165) is 18.9 Å². The number of likely N-dealkylation sites (tertiary alicyclic amines) is 1. The first-order chi connectivity index (χ1) is 9.91. The lowest BCUT2D eigenvalue weighted by molar-refractivity contribution is -0.384. The lowest BCUT2D eigenvalue weighted by Crippen LogP contribution is -2.50. The van der Waals surface area contributed by atoms with Crippen molar-refractivity contribution in [1.29, 1.82) is 0 Å². The maximum Gasteiger partial charge on any atom is 0.270 e. The summed E-state index contributed by atoms with van der Waals surface area (Å²) in [6.45, 7) is 0.380. The van der Waals surface area contributed by atoms with E-state index in [4.69, 9.17) is 17.3 Å². The fourth-order valence-corrected chi connectivity index (χ4v) is 2.61. The van der Waals surface area contributed by atoms with Crippen molar-refractivity contribution in [3.8, 4) is 0 Å². The number of halogens is 1. The summed E-state index contributed by atoms with van der Waals surface area (Å²) in [6, 6.07) is 2.95.